The fraction of sp³-hybridized carbons (Fsp3) is 0.500. The molecule has 0 aliphatic rings. The second-order valence-electron chi connectivity index (χ2n) is 1.64. The molecule has 1 unspecified atom stereocenters. The molecule has 0 spiro atoms. The van der Waals surface area contributed by atoms with Gasteiger partial charge in [0.2, 0.25) is 7.37 Å². The van der Waals surface area contributed by atoms with E-state index in [9.17, 15) is 4.57 Å². The van der Waals surface area contributed by atoms with Gasteiger partial charge >= 0.3 is 0 Å². The summed E-state index contributed by atoms with van der Waals surface area (Å²) in [6.07, 6.45) is -0.0790. The molecule has 0 fully saturated rings. The first kappa shape index (κ1) is 9.42. The summed E-state index contributed by atoms with van der Waals surface area (Å²) >= 11 is 0. The van der Waals surface area contributed by atoms with Gasteiger partial charge in [-0.2, -0.15) is 5.26 Å². The van der Waals surface area contributed by atoms with Crippen LogP contribution in [0.15, 0.2) is 12.4 Å². The molecule has 0 amide bonds. The van der Waals surface area contributed by atoms with E-state index in [1.807, 2.05) is 0 Å². The number of hydrogen-bond acceptors (Lipinski definition) is 3. The van der Waals surface area contributed by atoms with Crippen LogP contribution in [0.4, 0.5) is 0 Å². The lowest BCUT2D eigenvalue weighted by atomic mass is 10.9. The Kier molecular flexibility index (Phi) is 4.02. The van der Waals surface area contributed by atoms with Gasteiger partial charge in [0.25, 0.3) is 0 Å². The Labute approximate surface area is 60.8 Å². The molecule has 0 aliphatic heterocycles. The summed E-state index contributed by atoms with van der Waals surface area (Å²) in [5, 5.41) is 8.21. The molecule has 0 aromatic carbocycles. The standard InChI is InChI=1S/C6H10NO2P/c1-3-9-10(8,4-2)6-5-7/h4H,2-3,6H2,1H3. The number of hydrogen-bond donors (Lipinski definition) is 0. The zero-order valence-corrected chi connectivity index (χ0v) is 6.80. The molecule has 0 radical (unpaired) electrons. The van der Waals surface area contributed by atoms with Gasteiger partial charge in [-0.1, -0.05) is 6.58 Å². The predicted molar refractivity (Wildman–Crippen MR) is 39.9 cm³/mol. The summed E-state index contributed by atoms with van der Waals surface area (Å²) in [7, 11) is -2.80. The number of nitriles is 1. The van der Waals surface area contributed by atoms with Crippen LogP contribution in [0.3, 0.4) is 0 Å². The van der Waals surface area contributed by atoms with Crippen molar-refractivity contribution in [3.05, 3.63) is 12.4 Å². The Morgan fingerprint density at radius 2 is 2.50 bits per heavy atom. The van der Waals surface area contributed by atoms with E-state index < -0.39 is 7.37 Å². The Morgan fingerprint density at radius 3 is 2.80 bits per heavy atom. The lowest BCUT2D eigenvalue weighted by Crippen LogP contribution is -1.89. The van der Waals surface area contributed by atoms with Crippen LogP contribution in [-0.2, 0) is 9.09 Å². The second kappa shape index (κ2) is 4.27. The molecule has 56 valence electrons. The molecule has 0 rings (SSSR count). The average Bonchev–Trinajstić information content (AvgIpc) is 1.89. The largest absolute Gasteiger partial charge is 0.325 e. The van der Waals surface area contributed by atoms with Gasteiger partial charge in [-0.3, -0.25) is 4.57 Å². The van der Waals surface area contributed by atoms with Crippen LogP contribution in [0.25, 0.3) is 0 Å². The SMILES string of the molecule is C=CP(=O)(CC#N)OCC. The van der Waals surface area contributed by atoms with E-state index in [2.05, 4.69) is 6.58 Å². The first-order valence-corrected chi connectivity index (χ1v) is 4.80. The Hall–Kier alpha value is -0.580. The Bertz CT molecular complexity index is 194. The van der Waals surface area contributed by atoms with Gasteiger partial charge in [-0.15, -0.1) is 0 Å². The van der Waals surface area contributed by atoms with Crippen LogP contribution in [0.1, 0.15) is 6.92 Å². The van der Waals surface area contributed by atoms with Crippen molar-refractivity contribution in [3.8, 4) is 6.07 Å². The second-order valence-corrected chi connectivity index (χ2v) is 4.03. The zero-order valence-electron chi connectivity index (χ0n) is 5.91. The van der Waals surface area contributed by atoms with Crippen LogP contribution >= 0.6 is 7.37 Å². The van der Waals surface area contributed by atoms with Crippen molar-refractivity contribution in [2.24, 2.45) is 0 Å². The highest BCUT2D eigenvalue weighted by Gasteiger charge is 2.16. The fourth-order valence-electron chi connectivity index (χ4n) is 0.480. The minimum absolute atomic E-state index is 0.0790. The Morgan fingerprint density at radius 1 is 1.90 bits per heavy atom. The van der Waals surface area contributed by atoms with Gasteiger partial charge < -0.3 is 4.52 Å². The molecule has 0 saturated heterocycles. The minimum Gasteiger partial charge on any atom is -0.325 e. The van der Waals surface area contributed by atoms with E-state index in [0.29, 0.717) is 6.61 Å². The van der Waals surface area contributed by atoms with Crippen LogP contribution in [0.5, 0.6) is 0 Å². The van der Waals surface area contributed by atoms with Crippen molar-refractivity contribution in [1.82, 2.24) is 0 Å². The summed E-state index contributed by atoms with van der Waals surface area (Å²) in [6.45, 7) is 5.41. The lowest BCUT2D eigenvalue weighted by Gasteiger charge is -2.07. The maximum absolute atomic E-state index is 11.2. The summed E-state index contributed by atoms with van der Waals surface area (Å²) < 4.78 is 16.1. The third kappa shape index (κ3) is 2.82. The van der Waals surface area contributed by atoms with Gasteiger partial charge in [-0.25, -0.2) is 0 Å². The van der Waals surface area contributed by atoms with E-state index in [-0.39, 0.29) is 6.16 Å². The van der Waals surface area contributed by atoms with Gasteiger partial charge in [0.15, 0.2) is 0 Å². The molecule has 1 atom stereocenters. The molecule has 0 aromatic rings. The van der Waals surface area contributed by atoms with E-state index in [1.54, 1.807) is 13.0 Å². The van der Waals surface area contributed by atoms with E-state index in [1.165, 1.54) is 5.82 Å². The molecule has 3 nitrogen and oxygen atoms in total. The molecule has 0 aromatic heterocycles. The van der Waals surface area contributed by atoms with E-state index in [4.69, 9.17) is 9.79 Å². The summed E-state index contributed by atoms with van der Waals surface area (Å²) in [5.74, 6) is 1.22. The smallest absolute Gasteiger partial charge is 0.238 e. The molecular formula is C6H10NO2P. The molecule has 0 saturated carbocycles. The van der Waals surface area contributed by atoms with Crippen molar-refractivity contribution in [1.29, 1.82) is 5.26 Å². The topological polar surface area (TPSA) is 50.1 Å². The Balaban J connectivity index is 4.12. The lowest BCUT2D eigenvalue weighted by molar-refractivity contribution is 0.342. The fourth-order valence-corrected chi connectivity index (χ4v) is 1.44. The summed E-state index contributed by atoms with van der Waals surface area (Å²) in [5.41, 5.74) is 0. The third-order valence-corrected chi connectivity index (χ3v) is 2.75. The van der Waals surface area contributed by atoms with Crippen molar-refractivity contribution in [2.75, 3.05) is 12.8 Å². The van der Waals surface area contributed by atoms with Gasteiger partial charge in [-0.05, 0) is 12.7 Å². The highest BCUT2D eigenvalue weighted by atomic mass is 31.2. The van der Waals surface area contributed by atoms with Gasteiger partial charge in [0.05, 0.1) is 12.7 Å². The van der Waals surface area contributed by atoms with Crippen molar-refractivity contribution in [3.63, 3.8) is 0 Å². The molecule has 10 heavy (non-hydrogen) atoms. The highest BCUT2D eigenvalue weighted by molar-refractivity contribution is 7.62. The third-order valence-electron chi connectivity index (χ3n) is 0.917. The van der Waals surface area contributed by atoms with Crippen LogP contribution in [-0.4, -0.2) is 12.8 Å². The van der Waals surface area contributed by atoms with Crippen molar-refractivity contribution in [2.45, 2.75) is 6.92 Å². The maximum atomic E-state index is 11.2. The van der Waals surface area contributed by atoms with Crippen LogP contribution < -0.4 is 0 Å². The molecule has 0 N–H and O–H groups in total. The highest BCUT2D eigenvalue weighted by Crippen LogP contribution is 2.46. The van der Waals surface area contributed by atoms with E-state index >= 15 is 0 Å². The number of rotatable bonds is 4. The van der Waals surface area contributed by atoms with Crippen molar-refractivity contribution < 1.29 is 9.09 Å². The van der Waals surface area contributed by atoms with Crippen LogP contribution in [0, 0.1) is 11.3 Å². The quantitative estimate of drug-likeness (QED) is 0.589. The monoisotopic (exact) mass is 159 g/mol. The normalized spacial score (nSPS) is 15.2. The van der Waals surface area contributed by atoms with Crippen LogP contribution in [0.2, 0.25) is 0 Å². The first-order valence-electron chi connectivity index (χ1n) is 2.92. The molecule has 0 heterocycles. The average molecular weight is 159 g/mol. The van der Waals surface area contributed by atoms with Gasteiger partial charge in [0.1, 0.15) is 6.16 Å². The first-order chi connectivity index (χ1) is 4.68. The predicted octanol–water partition coefficient (Wildman–Crippen LogP) is 1.97. The van der Waals surface area contributed by atoms with Crippen molar-refractivity contribution >= 4 is 7.37 Å². The number of nitrogens with zero attached hydrogens (tertiary/aromatic N) is 1. The maximum Gasteiger partial charge on any atom is 0.238 e. The molecule has 4 heteroatoms. The van der Waals surface area contributed by atoms with E-state index in [0.717, 1.165) is 0 Å². The summed E-state index contributed by atoms with van der Waals surface area (Å²) in [6, 6.07) is 1.78. The molecule has 0 aliphatic carbocycles. The molecular weight excluding hydrogens is 149 g/mol. The minimum atomic E-state index is -2.80. The summed E-state index contributed by atoms with van der Waals surface area (Å²) in [4.78, 5) is 0. The molecule has 0 bridgehead atoms. The zero-order chi connectivity index (χ0) is 8.04. The van der Waals surface area contributed by atoms with Gasteiger partial charge in [0, 0.05) is 0 Å².